The first-order valence-corrected chi connectivity index (χ1v) is 9.95. The minimum Gasteiger partial charge on any atom is -0.383 e. The number of carbonyl (C=O) groups is 1. The maximum absolute atomic E-state index is 13.0. The van der Waals surface area contributed by atoms with Crippen LogP contribution in [0, 0.1) is 5.92 Å². The minimum atomic E-state index is -0.297. The molecule has 1 amide bonds. The predicted molar refractivity (Wildman–Crippen MR) is 106 cm³/mol. The highest BCUT2D eigenvalue weighted by atomic mass is 16.5. The first-order chi connectivity index (χ1) is 13.6. The number of benzene rings is 1. The third-order valence-electron chi connectivity index (χ3n) is 5.75. The summed E-state index contributed by atoms with van der Waals surface area (Å²) >= 11 is 0. The van der Waals surface area contributed by atoms with Gasteiger partial charge in [-0.25, -0.2) is 13.9 Å². The molecule has 1 aliphatic carbocycles. The highest BCUT2D eigenvalue weighted by Gasteiger charge is 2.24. The van der Waals surface area contributed by atoms with Crippen molar-refractivity contribution in [3.63, 3.8) is 0 Å². The zero-order valence-electron chi connectivity index (χ0n) is 16.4. The van der Waals surface area contributed by atoms with Crippen molar-refractivity contribution < 1.29 is 9.53 Å². The van der Waals surface area contributed by atoms with E-state index in [4.69, 9.17) is 4.74 Å². The van der Waals surface area contributed by atoms with Crippen LogP contribution in [0.5, 0.6) is 0 Å². The van der Waals surface area contributed by atoms with Crippen molar-refractivity contribution in [3.05, 3.63) is 34.7 Å². The molecular formula is C20H27N5O3. The molecule has 8 nitrogen and oxygen atoms in total. The van der Waals surface area contributed by atoms with E-state index in [2.05, 4.69) is 17.3 Å². The van der Waals surface area contributed by atoms with Gasteiger partial charge in [0.1, 0.15) is 6.54 Å². The van der Waals surface area contributed by atoms with Crippen LogP contribution in [0.25, 0.3) is 16.8 Å². The topological polar surface area (TPSA) is 82.6 Å². The van der Waals surface area contributed by atoms with Crippen LogP contribution in [0.3, 0.4) is 0 Å². The molecule has 28 heavy (non-hydrogen) atoms. The minimum absolute atomic E-state index is 0.0671. The summed E-state index contributed by atoms with van der Waals surface area (Å²) in [7, 11) is 1.64. The summed E-state index contributed by atoms with van der Waals surface area (Å²) in [5, 5.41) is 7.56. The fourth-order valence-electron chi connectivity index (χ4n) is 4.20. The fraction of sp³-hybridized carbons (Fsp3) is 0.550. The number of imidazole rings is 1. The van der Waals surface area contributed by atoms with Gasteiger partial charge in [0.2, 0.25) is 11.7 Å². The van der Waals surface area contributed by atoms with Crippen LogP contribution < -0.4 is 11.0 Å². The van der Waals surface area contributed by atoms with Gasteiger partial charge in [-0.05, 0) is 30.9 Å². The number of aromatic nitrogens is 4. The lowest BCUT2D eigenvalue weighted by Crippen LogP contribution is -2.43. The molecule has 0 radical (unpaired) electrons. The van der Waals surface area contributed by atoms with Gasteiger partial charge < -0.3 is 14.6 Å². The zero-order valence-corrected chi connectivity index (χ0v) is 16.4. The lowest BCUT2D eigenvalue weighted by atomic mass is 9.86. The smallest absolute Gasteiger partial charge is 0.352 e. The Morgan fingerprint density at radius 1 is 1.25 bits per heavy atom. The van der Waals surface area contributed by atoms with E-state index in [1.54, 1.807) is 11.5 Å². The van der Waals surface area contributed by atoms with Gasteiger partial charge in [-0.3, -0.25) is 4.79 Å². The maximum Gasteiger partial charge on any atom is 0.352 e. The average molecular weight is 385 g/mol. The third-order valence-corrected chi connectivity index (χ3v) is 5.75. The highest BCUT2D eigenvalue weighted by molar-refractivity contribution is 5.81. The number of ether oxygens (including phenoxy) is 1. The van der Waals surface area contributed by atoms with Gasteiger partial charge in [-0.15, -0.1) is 5.10 Å². The van der Waals surface area contributed by atoms with E-state index in [-0.39, 0.29) is 24.2 Å². The Morgan fingerprint density at radius 3 is 2.75 bits per heavy atom. The number of fused-ring (bicyclic) bond motifs is 3. The van der Waals surface area contributed by atoms with Crippen molar-refractivity contribution in [2.45, 2.75) is 51.7 Å². The lowest BCUT2D eigenvalue weighted by Gasteiger charge is -2.29. The molecule has 8 heteroatoms. The van der Waals surface area contributed by atoms with Crippen LogP contribution in [0.2, 0.25) is 0 Å². The van der Waals surface area contributed by atoms with Gasteiger partial charge in [0.15, 0.2) is 0 Å². The first kappa shape index (κ1) is 18.7. The summed E-state index contributed by atoms with van der Waals surface area (Å²) in [5.74, 6) is 0.842. The van der Waals surface area contributed by atoms with Gasteiger partial charge in [-0.1, -0.05) is 31.9 Å². The summed E-state index contributed by atoms with van der Waals surface area (Å²) in [6.07, 6.45) is 4.49. The molecule has 0 bridgehead atoms. The average Bonchev–Trinajstić information content (AvgIpc) is 3.16. The Bertz CT molecular complexity index is 1050. The number of methoxy groups -OCH3 is 1. The van der Waals surface area contributed by atoms with E-state index in [1.165, 1.54) is 11.1 Å². The van der Waals surface area contributed by atoms with Crippen LogP contribution in [-0.4, -0.2) is 44.4 Å². The summed E-state index contributed by atoms with van der Waals surface area (Å²) in [6.45, 7) is 3.19. The molecule has 0 saturated heterocycles. The molecular weight excluding hydrogens is 358 g/mol. The van der Waals surface area contributed by atoms with Crippen LogP contribution in [0.15, 0.2) is 29.1 Å². The molecule has 1 aliphatic rings. The number of rotatable bonds is 6. The zero-order chi connectivity index (χ0) is 19.7. The van der Waals surface area contributed by atoms with Crippen molar-refractivity contribution >= 4 is 22.7 Å². The summed E-state index contributed by atoms with van der Waals surface area (Å²) in [4.78, 5) is 25.5. The molecule has 1 aromatic carbocycles. The normalized spacial score (nSPS) is 20.1. The van der Waals surface area contributed by atoms with Crippen molar-refractivity contribution in [1.82, 2.24) is 24.1 Å². The number of amides is 1. The van der Waals surface area contributed by atoms with Gasteiger partial charge in [0.05, 0.1) is 17.6 Å². The molecule has 3 aromatic rings. The summed E-state index contributed by atoms with van der Waals surface area (Å²) in [6, 6.07) is 7.86. The van der Waals surface area contributed by atoms with Crippen LogP contribution in [0.1, 0.15) is 32.6 Å². The van der Waals surface area contributed by atoms with Crippen LogP contribution >= 0.6 is 0 Å². The molecule has 0 spiro atoms. The van der Waals surface area contributed by atoms with Crippen LogP contribution in [-0.2, 0) is 22.6 Å². The number of hydrogen-bond acceptors (Lipinski definition) is 4. The molecule has 1 saturated carbocycles. The van der Waals surface area contributed by atoms with Crippen molar-refractivity contribution in [3.8, 4) is 0 Å². The van der Waals surface area contributed by atoms with Gasteiger partial charge >= 0.3 is 5.69 Å². The number of nitrogens with one attached hydrogen (secondary N) is 1. The molecule has 2 atom stereocenters. The van der Waals surface area contributed by atoms with Gasteiger partial charge in [0.25, 0.3) is 0 Å². The number of nitrogens with zero attached hydrogens (tertiary/aromatic N) is 4. The summed E-state index contributed by atoms with van der Waals surface area (Å²) < 4.78 is 9.99. The van der Waals surface area contributed by atoms with E-state index in [0.29, 0.717) is 24.8 Å². The van der Waals surface area contributed by atoms with Crippen molar-refractivity contribution in [2.24, 2.45) is 5.92 Å². The first-order valence-electron chi connectivity index (χ1n) is 9.95. The largest absolute Gasteiger partial charge is 0.383 e. The Morgan fingerprint density at radius 2 is 2.00 bits per heavy atom. The molecule has 4 rings (SSSR count). The predicted octanol–water partition coefficient (Wildman–Crippen LogP) is 1.79. The van der Waals surface area contributed by atoms with E-state index >= 15 is 0 Å². The SMILES string of the molecule is COCCn1c2ccccc2n2c(=O)n(CC(=O)N[C@H]3CCCC[C@@H]3C)nc12. The van der Waals surface area contributed by atoms with Crippen LogP contribution in [0.4, 0.5) is 0 Å². The Hall–Kier alpha value is -2.61. The van der Waals surface area contributed by atoms with Gasteiger partial charge in [-0.2, -0.15) is 0 Å². The second-order valence-electron chi connectivity index (χ2n) is 7.64. The number of para-hydroxylation sites is 2. The molecule has 150 valence electrons. The quantitative estimate of drug-likeness (QED) is 0.701. The number of carbonyl (C=O) groups excluding carboxylic acids is 1. The van der Waals surface area contributed by atoms with E-state index in [9.17, 15) is 9.59 Å². The van der Waals surface area contributed by atoms with Crippen molar-refractivity contribution in [1.29, 1.82) is 0 Å². The highest BCUT2D eigenvalue weighted by Crippen LogP contribution is 2.23. The third kappa shape index (κ3) is 3.32. The van der Waals surface area contributed by atoms with Crippen molar-refractivity contribution in [2.75, 3.05) is 13.7 Å². The summed E-state index contributed by atoms with van der Waals surface area (Å²) in [5.41, 5.74) is 1.41. The molecule has 1 N–H and O–H groups in total. The fourth-order valence-corrected chi connectivity index (χ4v) is 4.20. The molecule has 2 aromatic heterocycles. The molecule has 0 unspecified atom stereocenters. The van der Waals surface area contributed by atoms with Gasteiger partial charge in [0, 0.05) is 19.7 Å². The standard InChI is InChI=1S/C20H27N5O3/c1-14-7-3-4-8-15(14)21-18(26)13-24-20(27)25-17-10-6-5-9-16(17)23(11-12-28-2)19(25)22-24/h5-6,9-10,14-15H,3-4,7-8,11-13H2,1-2H3,(H,21,26)/t14-,15-/m0/s1. The Kier molecular flexibility index (Phi) is 5.21. The Balaban J connectivity index is 1.64. The van der Waals surface area contributed by atoms with E-state index in [1.807, 2.05) is 28.8 Å². The second-order valence-corrected chi connectivity index (χ2v) is 7.64. The molecule has 1 fully saturated rings. The van der Waals surface area contributed by atoms with E-state index < -0.39 is 0 Å². The second kappa shape index (κ2) is 7.79. The van der Waals surface area contributed by atoms with E-state index in [0.717, 1.165) is 30.3 Å². The molecule has 2 heterocycles. The monoisotopic (exact) mass is 385 g/mol. The molecule has 0 aliphatic heterocycles. The lowest BCUT2D eigenvalue weighted by molar-refractivity contribution is -0.123. The number of hydrogen-bond donors (Lipinski definition) is 1. The maximum atomic E-state index is 13.0. The Labute approximate surface area is 163 Å².